The maximum Gasteiger partial charge on any atom is 0.244 e. The molecule has 3 N–H and O–H groups in total. The summed E-state index contributed by atoms with van der Waals surface area (Å²) in [6.45, 7) is 2.12. The number of rotatable bonds is 6. The lowest BCUT2D eigenvalue weighted by Crippen LogP contribution is -2.36. The van der Waals surface area contributed by atoms with Crippen molar-refractivity contribution in [2.75, 3.05) is 18.9 Å². The number of carbonyl (C=O) groups is 1. The summed E-state index contributed by atoms with van der Waals surface area (Å²) in [5, 5.41) is 13.3. The smallest absolute Gasteiger partial charge is 0.244 e. The number of aliphatic hydroxyl groups excluding tert-OH is 1. The molecule has 0 saturated carbocycles. The Labute approximate surface area is 128 Å². The zero-order valence-corrected chi connectivity index (χ0v) is 12.4. The van der Waals surface area contributed by atoms with Crippen LogP contribution in [0.25, 0.3) is 0 Å². The fourth-order valence-corrected chi connectivity index (χ4v) is 2.14. The highest BCUT2D eigenvalue weighted by Gasteiger charge is 2.16. The van der Waals surface area contributed by atoms with Gasteiger partial charge in [-0.3, -0.25) is 4.79 Å². The molecule has 7 heteroatoms. The highest BCUT2D eigenvalue weighted by atomic mass is 19.1. The second-order valence-electron chi connectivity index (χ2n) is 5.03. The molecule has 2 aromatic rings. The van der Waals surface area contributed by atoms with E-state index in [4.69, 9.17) is 10.8 Å². The molecule has 1 amide bonds. The average molecular weight is 306 g/mol. The third-order valence-corrected chi connectivity index (χ3v) is 3.23. The van der Waals surface area contributed by atoms with Crippen LogP contribution in [0, 0.1) is 12.7 Å². The molecule has 0 aliphatic carbocycles. The van der Waals surface area contributed by atoms with Gasteiger partial charge in [0, 0.05) is 19.2 Å². The van der Waals surface area contributed by atoms with E-state index in [-0.39, 0.29) is 31.4 Å². The van der Waals surface area contributed by atoms with Gasteiger partial charge in [-0.05, 0) is 24.6 Å². The van der Waals surface area contributed by atoms with Gasteiger partial charge in [0.25, 0.3) is 0 Å². The second-order valence-corrected chi connectivity index (χ2v) is 5.03. The van der Waals surface area contributed by atoms with Gasteiger partial charge in [-0.25, -0.2) is 9.07 Å². The van der Waals surface area contributed by atoms with Crippen LogP contribution in [0.1, 0.15) is 11.3 Å². The Kier molecular flexibility index (Phi) is 5.11. The number of amides is 1. The molecule has 0 saturated heterocycles. The Morgan fingerprint density at radius 1 is 1.41 bits per heavy atom. The fourth-order valence-electron chi connectivity index (χ4n) is 2.14. The van der Waals surface area contributed by atoms with Gasteiger partial charge in [0.15, 0.2) is 0 Å². The maximum atomic E-state index is 12.9. The van der Waals surface area contributed by atoms with Crippen molar-refractivity contribution in [3.8, 4) is 0 Å². The van der Waals surface area contributed by atoms with Crippen LogP contribution in [0.5, 0.6) is 0 Å². The summed E-state index contributed by atoms with van der Waals surface area (Å²) in [6, 6.07) is 7.58. The van der Waals surface area contributed by atoms with E-state index in [1.54, 1.807) is 25.1 Å². The number of carbonyl (C=O) groups excluding carboxylic acids is 1. The van der Waals surface area contributed by atoms with Gasteiger partial charge in [-0.1, -0.05) is 12.1 Å². The van der Waals surface area contributed by atoms with Gasteiger partial charge in [-0.15, -0.1) is 0 Å². The second kappa shape index (κ2) is 7.04. The van der Waals surface area contributed by atoms with Crippen molar-refractivity contribution in [3.63, 3.8) is 0 Å². The number of anilines is 1. The van der Waals surface area contributed by atoms with Crippen molar-refractivity contribution in [2.24, 2.45) is 0 Å². The molecule has 2 rings (SSSR count). The van der Waals surface area contributed by atoms with E-state index >= 15 is 0 Å². The monoisotopic (exact) mass is 306 g/mol. The van der Waals surface area contributed by atoms with Crippen molar-refractivity contribution in [3.05, 3.63) is 47.4 Å². The maximum absolute atomic E-state index is 12.9. The molecule has 0 spiro atoms. The Morgan fingerprint density at radius 2 is 2.09 bits per heavy atom. The van der Waals surface area contributed by atoms with E-state index in [0.717, 1.165) is 11.3 Å². The van der Waals surface area contributed by atoms with Crippen LogP contribution in [0.3, 0.4) is 0 Å². The van der Waals surface area contributed by atoms with Gasteiger partial charge in [0.2, 0.25) is 5.91 Å². The molecule has 0 radical (unpaired) electrons. The van der Waals surface area contributed by atoms with Gasteiger partial charge in [0.1, 0.15) is 18.2 Å². The standard InChI is InChI=1S/C15H19FN4O2/c1-11-8-14(17)20(18-11)10-15(22)19(6-7-21)9-12-2-4-13(16)5-3-12/h2-5,8,21H,6-7,9-10,17H2,1H3. The number of hydrogen-bond acceptors (Lipinski definition) is 4. The highest BCUT2D eigenvalue weighted by Crippen LogP contribution is 2.10. The van der Waals surface area contributed by atoms with E-state index in [1.165, 1.54) is 21.7 Å². The summed E-state index contributed by atoms with van der Waals surface area (Å²) < 4.78 is 14.3. The lowest BCUT2D eigenvalue weighted by molar-refractivity contribution is -0.133. The van der Waals surface area contributed by atoms with E-state index in [9.17, 15) is 9.18 Å². The molecule has 0 bridgehead atoms. The molecule has 0 aliphatic rings. The molecule has 118 valence electrons. The van der Waals surface area contributed by atoms with E-state index in [2.05, 4.69) is 5.10 Å². The number of nitrogens with zero attached hydrogens (tertiary/aromatic N) is 3. The highest BCUT2D eigenvalue weighted by molar-refractivity contribution is 5.76. The lowest BCUT2D eigenvalue weighted by Gasteiger charge is -2.22. The summed E-state index contributed by atoms with van der Waals surface area (Å²) >= 11 is 0. The van der Waals surface area contributed by atoms with Gasteiger partial charge >= 0.3 is 0 Å². The zero-order chi connectivity index (χ0) is 16.1. The number of halogens is 1. The van der Waals surface area contributed by atoms with Crippen LogP contribution in [0.15, 0.2) is 30.3 Å². The predicted octanol–water partition coefficient (Wildman–Crippen LogP) is 0.934. The topological polar surface area (TPSA) is 84.4 Å². The Morgan fingerprint density at radius 3 is 2.64 bits per heavy atom. The summed E-state index contributed by atoms with van der Waals surface area (Å²) in [4.78, 5) is 13.8. The number of aryl methyl sites for hydroxylation is 1. The first kappa shape index (κ1) is 16.0. The van der Waals surface area contributed by atoms with E-state index < -0.39 is 0 Å². The van der Waals surface area contributed by atoms with Crippen LogP contribution >= 0.6 is 0 Å². The number of nitrogen functional groups attached to an aromatic ring is 1. The van der Waals surface area contributed by atoms with Gasteiger partial charge < -0.3 is 15.7 Å². The minimum Gasteiger partial charge on any atom is -0.395 e. The molecule has 1 aromatic carbocycles. The molecule has 6 nitrogen and oxygen atoms in total. The minimum absolute atomic E-state index is 0.000861. The zero-order valence-electron chi connectivity index (χ0n) is 12.4. The SMILES string of the molecule is Cc1cc(N)n(CC(=O)N(CCO)Cc2ccc(F)cc2)n1. The molecule has 22 heavy (non-hydrogen) atoms. The number of hydrogen-bond donors (Lipinski definition) is 2. The van der Waals surface area contributed by atoms with Crippen molar-refractivity contribution >= 4 is 11.7 Å². The normalized spacial score (nSPS) is 10.7. The lowest BCUT2D eigenvalue weighted by atomic mass is 10.2. The minimum atomic E-state index is -0.330. The Bertz CT molecular complexity index is 639. The molecule has 1 heterocycles. The van der Waals surface area contributed by atoms with Crippen molar-refractivity contribution in [1.82, 2.24) is 14.7 Å². The fraction of sp³-hybridized carbons (Fsp3) is 0.333. The van der Waals surface area contributed by atoms with Gasteiger partial charge in [0.05, 0.1) is 12.3 Å². The number of nitrogens with two attached hydrogens (primary N) is 1. The molecule has 0 aliphatic heterocycles. The third kappa shape index (κ3) is 4.05. The number of aliphatic hydroxyl groups is 1. The molecule has 0 unspecified atom stereocenters. The first-order chi connectivity index (χ1) is 10.5. The van der Waals surface area contributed by atoms with E-state index in [0.29, 0.717) is 12.4 Å². The van der Waals surface area contributed by atoms with Crippen molar-refractivity contribution in [2.45, 2.75) is 20.0 Å². The number of aromatic nitrogens is 2. The summed E-state index contributed by atoms with van der Waals surface area (Å²) in [6.07, 6.45) is 0. The van der Waals surface area contributed by atoms with Gasteiger partial charge in [-0.2, -0.15) is 5.10 Å². The Balaban J connectivity index is 2.07. The third-order valence-electron chi connectivity index (χ3n) is 3.23. The number of benzene rings is 1. The largest absolute Gasteiger partial charge is 0.395 e. The van der Waals surface area contributed by atoms with Crippen LogP contribution < -0.4 is 5.73 Å². The van der Waals surface area contributed by atoms with Crippen LogP contribution in [-0.4, -0.2) is 38.8 Å². The summed E-state index contributed by atoms with van der Waals surface area (Å²) in [5.41, 5.74) is 7.29. The first-order valence-corrected chi connectivity index (χ1v) is 6.92. The first-order valence-electron chi connectivity index (χ1n) is 6.92. The van der Waals surface area contributed by atoms with Crippen molar-refractivity contribution in [1.29, 1.82) is 0 Å². The quantitative estimate of drug-likeness (QED) is 0.831. The summed E-state index contributed by atoms with van der Waals surface area (Å²) in [5.74, 6) is -0.131. The van der Waals surface area contributed by atoms with Crippen molar-refractivity contribution < 1.29 is 14.3 Å². The summed E-state index contributed by atoms with van der Waals surface area (Å²) in [7, 11) is 0. The average Bonchev–Trinajstić information content (AvgIpc) is 2.78. The van der Waals surface area contributed by atoms with Crippen LogP contribution in [0.4, 0.5) is 10.2 Å². The van der Waals surface area contributed by atoms with Crippen LogP contribution in [-0.2, 0) is 17.9 Å². The Hall–Kier alpha value is -2.41. The molecule has 1 aromatic heterocycles. The predicted molar refractivity (Wildman–Crippen MR) is 80.3 cm³/mol. The molecule has 0 atom stereocenters. The molecular weight excluding hydrogens is 287 g/mol. The van der Waals surface area contributed by atoms with Crippen LogP contribution in [0.2, 0.25) is 0 Å². The molecular formula is C15H19FN4O2. The molecule has 0 fully saturated rings. The van der Waals surface area contributed by atoms with E-state index in [1.807, 2.05) is 0 Å².